The highest BCUT2D eigenvalue weighted by atomic mass is 35.5. The second-order valence-electron chi connectivity index (χ2n) is 7.64. The van der Waals surface area contributed by atoms with Gasteiger partial charge >= 0.3 is 7.12 Å². The summed E-state index contributed by atoms with van der Waals surface area (Å²) in [6.45, 7) is 8.37. The Hall–Kier alpha value is -0.965. The van der Waals surface area contributed by atoms with E-state index < -0.39 is 0 Å². The van der Waals surface area contributed by atoms with Gasteiger partial charge in [-0.2, -0.15) is 0 Å². The molecule has 3 rings (SSSR count). The Morgan fingerprint density at radius 3 is 2.29 bits per heavy atom. The zero-order valence-electron chi connectivity index (χ0n) is 15.2. The molecule has 0 spiro atoms. The number of halogens is 1. The Kier molecular flexibility index (Phi) is 4.76. The summed E-state index contributed by atoms with van der Waals surface area (Å²) in [5.74, 6) is 0.852. The summed E-state index contributed by atoms with van der Waals surface area (Å²) in [5.41, 5.74) is 2.91. The SMILES string of the molecule is COc1ccc(Cl)cc1C1=C(B2OC(C)(C)C(C)(C)O2)CCCC1. The first-order valence-electron chi connectivity index (χ1n) is 8.66. The maximum Gasteiger partial charge on any atom is 0.490 e. The van der Waals surface area contributed by atoms with Gasteiger partial charge in [-0.15, -0.1) is 0 Å². The summed E-state index contributed by atoms with van der Waals surface area (Å²) >= 11 is 6.25. The summed E-state index contributed by atoms with van der Waals surface area (Å²) in [5, 5.41) is 0.720. The van der Waals surface area contributed by atoms with Crippen molar-refractivity contribution in [2.45, 2.75) is 64.6 Å². The smallest absolute Gasteiger partial charge is 0.490 e. The van der Waals surface area contributed by atoms with Gasteiger partial charge in [0.15, 0.2) is 0 Å². The van der Waals surface area contributed by atoms with Crippen LogP contribution in [0.1, 0.15) is 58.9 Å². The Bertz CT molecular complexity index is 651. The lowest BCUT2D eigenvalue weighted by molar-refractivity contribution is 0.00578. The first kappa shape index (κ1) is 17.8. The minimum Gasteiger partial charge on any atom is -0.496 e. The number of benzene rings is 1. The quantitative estimate of drug-likeness (QED) is 0.693. The van der Waals surface area contributed by atoms with Crippen LogP contribution in [0.5, 0.6) is 5.75 Å². The van der Waals surface area contributed by atoms with Crippen LogP contribution >= 0.6 is 11.6 Å². The monoisotopic (exact) mass is 348 g/mol. The van der Waals surface area contributed by atoms with Crippen LogP contribution in [0.25, 0.3) is 5.57 Å². The number of methoxy groups -OCH3 is 1. The summed E-state index contributed by atoms with van der Waals surface area (Å²) in [7, 11) is 1.40. The molecule has 0 aromatic heterocycles. The van der Waals surface area contributed by atoms with Gasteiger partial charge < -0.3 is 14.0 Å². The molecule has 1 aromatic carbocycles. The molecule has 2 aliphatic rings. The van der Waals surface area contributed by atoms with Crippen LogP contribution in [0, 0.1) is 0 Å². The van der Waals surface area contributed by atoms with E-state index in [1.54, 1.807) is 7.11 Å². The van der Waals surface area contributed by atoms with Crippen molar-refractivity contribution in [3.05, 3.63) is 34.3 Å². The van der Waals surface area contributed by atoms with Crippen molar-refractivity contribution in [2.24, 2.45) is 0 Å². The highest BCUT2D eigenvalue weighted by Crippen LogP contribution is 2.44. The van der Waals surface area contributed by atoms with E-state index in [2.05, 4.69) is 27.7 Å². The molecule has 1 aliphatic carbocycles. The maximum absolute atomic E-state index is 6.31. The molecule has 0 radical (unpaired) electrons. The van der Waals surface area contributed by atoms with Crippen LogP contribution in [-0.4, -0.2) is 25.4 Å². The molecule has 3 nitrogen and oxygen atoms in total. The molecule has 0 N–H and O–H groups in total. The van der Waals surface area contributed by atoms with E-state index in [1.165, 1.54) is 11.0 Å². The number of hydrogen-bond donors (Lipinski definition) is 0. The van der Waals surface area contributed by atoms with Gasteiger partial charge in [0, 0.05) is 10.6 Å². The molecule has 0 amide bonds. The van der Waals surface area contributed by atoms with Gasteiger partial charge in [0.25, 0.3) is 0 Å². The third-order valence-electron chi connectivity index (χ3n) is 5.53. The van der Waals surface area contributed by atoms with Gasteiger partial charge in [-0.05, 0) is 82.6 Å². The summed E-state index contributed by atoms with van der Waals surface area (Å²) in [6, 6.07) is 5.79. The predicted octanol–water partition coefficient (Wildman–Crippen LogP) is 5.31. The van der Waals surface area contributed by atoms with Crippen LogP contribution in [0.4, 0.5) is 0 Å². The molecule has 5 heteroatoms. The molecule has 130 valence electrons. The van der Waals surface area contributed by atoms with Crippen LogP contribution in [-0.2, 0) is 9.31 Å². The molecule has 1 saturated heterocycles. The van der Waals surface area contributed by atoms with Gasteiger partial charge in [-0.25, -0.2) is 0 Å². The van der Waals surface area contributed by atoms with E-state index in [4.69, 9.17) is 25.6 Å². The first-order chi connectivity index (χ1) is 11.2. The Labute approximate surface area is 150 Å². The third-order valence-corrected chi connectivity index (χ3v) is 5.77. The molecule has 1 heterocycles. The van der Waals surface area contributed by atoms with Crippen LogP contribution in [0.2, 0.25) is 5.02 Å². The average molecular weight is 349 g/mol. The topological polar surface area (TPSA) is 27.7 Å². The molecule has 1 aromatic rings. The fraction of sp³-hybridized carbons (Fsp3) is 0.579. The molecule has 0 unspecified atom stereocenters. The van der Waals surface area contributed by atoms with E-state index in [0.717, 1.165) is 42.0 Å². The minimum atomic E-state index is -0.328. The highest BCUT2D eigenvalue weighted by molar-refractivity contribution is 6.56. The van der Waals surface area contributed by atoms with Gasteiger partial charge in [-0.3, -0.25) is 0 Å². The molecule has 24 heavy (non-hydrogen) atoms. The van der Waals surface area contributed by atoms with Crippen molar-refractivity contribution < 1.29 is 14.0 Å². The zero-order valence-corrected chi connectivity index (χ0v) is 16.0. The fourth-order valence-corrected chi connectivity index (χ4v) is 3.57. The molecule has 1 fully saturated rings. The van der Waals surface area contributed by atoms with Crippen LogP contribution in [0.15, 0.2) is 23.7 Å². The standard InChI is InChI=1S/C19H26BClO3/c1-18(2)19(3,4)24-20(23-18)16-9-7-6-8-14(16)15-12-13(21)10-11-17(15)22-5/h10-12H,6-9H2,1-5H3. The van der Waals surface area contributed by atoms with E-state index in [9.17, 15) is 0 Å². The van der Waals surface area contributed by atoms with Gasteiger partial charge in [0.2, 0.25) is 0 Å². The molecule has 0 atom stereocenters. The second kappa shape index (κ2) is 6.40. The number of rotatable bonds is 3. The second-order valence-corrected chi connectivity index (χ2v) is 8.08. The lowest BCUT2D eigenvalue weighted by atomic mass is 9.68. The van der Waals surface area contributed by atoms with Crippen LogP contribution in [0.3, 0.4) is 0 Å². The third kappa shape index (κ3) is 3.12. The van der Waals surface area contributed by atoms with Gasteiger partial charge in [0.1, 0.15) is 5.75 Å². The molecule has 0 bridgehead atoms. The van der Waals surface area contributed by atoms with E-state index >= 15 is 0 Å². The molecule has 0 saturated carbocycles. The van der Waals surface area contributed by atoms with Crippen molar-refractivity contribution in [1.82, 2.24) is 0 Å². The Morgan fingerprint density at radius 1 is 1.04 bits per heavy atom. The predicted molar refractivity (Wildman–Crippen MR) is 99.5 cm³/mol. The van der Waals surface area contributed by atoms with E-state index in [0.29, 0.717) is 0 Å². The first-order valence-corrected chi connectivity index (χ1v) is 9.04. The lowest BCUT2D eigenvalue weighted by Crippen LogP contribution is -2.41. The number of hydrogen-bond acceptors (Lipinski definition) is 3. The van der Waals surface area contributed by atoms with Crippen molar-refractivity contribution in [2.75, 3.05) is 7.11 Å². The average Bonchev–Trinajstić information content (AvgIpc) is 2.75. The Balaban J connectivity index is 2.06. The van der Waals surface area contributed by atoms with E-state index in [-0.39, 0.29) is 18.3 Å². The molecular weight excluding hydrogens is 322 g/mol. The fourth-order valence-electron chi connectivity index (χ4n) is 3.40. The highest BCUT2D eigenvalue weighted by Gasteiger charge is 2.52. The van der Waals surface area contributed by atoms with Gasteiger partial charge in [0.05, 0.1) is 18.3 Å². The van der Waals surface area contributed by atoms with Crippen LogP contribution < -0.4 is 4.74 Å². The van der Waals surface area contributed by atoms with Crippen molar-refractivity contribution in [3.63, 3.8) is 0 Å². The number of allylic oxidation sites excluding steroid dienone is 2. The zero-order chi connectivity index (χ0) is 17.5. The van der Waals surface area contributed by atoms with Crippen molar-refractivity contribution in [3.8, 4) is 5.75 Å². The normalized spacial score (nSPS) is 22.8. The van der Waals surface area contributed by atoms with Gasteiger partial charge in [-0.1, -0.05) is 11.6 Å². The summed E-state index contributed by atoms with van der Waals surface area (Å²) in [6.07, 6.45) is 4.30. The minimum absolute atomic E-state index is 0.297. The van der Waals surface area contributed by atoms with Crippen molar-refractivity contribution >= 4 is 24.3 Å². The summed E-state index contributed by atoms with van der Waals surface area (Å²) in [4.78, 5) is 0. The molecular formula is C19H26BClO3. The molecule has 1 aliphatic heterocycles. The summed E-state index contributed by atoms with van der Waals surface area (Å²) < 4.78 is 18.2. The van der Waals surface area contributed by atoms with E-state index in [1.807, 2.05) is 18.2 Å². The Morgan fingerprint density at radius 2 is 1.67 bits per heavy atom. The number of ether oxygens (including phenoxy) is 1. The largest absolute Gasteiger partial charge is 0.496 e. The van der Waals surface area contributed by atoms with Crippen molar-refractivity contribution in [1.29, 1.82) is 0 Å². The lowest BCUT2D eigenvalue weighted by Gasteiger charge is -2.32. The maximum atomic E-state index is 6.31.